The Morgan fingerprint density at radius 1 is 1.07 bits per heavy atom. The molecular formula is C23H24N3O. The van der Waals surface area contributed by atoms with Gasteiger partial charge in [0.25, 0.3) is 0 Å². The molecule has 0 aliphatic rings. The van der Waals surface area contributed by atoms with E-state index in [4.69, 9.17) is 16.5 Å². The number of pyridine rings is 1. The molecule has 2 aromatic carbocycles. The van der Waals surface area contributed by atoms with Gasteiger partial charge in [-0.15, -0.1) is 0 Å². The molecule has 0 fully saturated rings. The molecule has 3 rings (SSSR count). The van der Waals surface area contributed by atoms with Crippen molar-refractivity contribution in [3.05, 3.63) is 77.5 Å². The van der Waals surface area contributed by atoms with Crippen molar-refractivity contribution in [2.24, 2.45) is 17.4 Å². The summed E-state index contributed by atoms with van der Waals surface area (Å²) in [4.78, 5) is 16.3. The van der Waals surface area contributed by atoms with Gasteiger partial charge in [-0.2, -0.15) is 0 Å². The average Bonchev–Trinajstić information content (AvgIpc) is 2.67. The third-order valence-corrected chi connectivity index (χ3v) is 4.36. The molecule has 4 heteroatoms. The van der Waals surface area contributed by atoms with Crippen LogP contribution in [0.2, 0.25) is 0 Å². The number of benzene rings is 2. The summed E-state index contributed by atoms with van der Waals surface area (Å²) in [5, 5.41) is 0. The zero-order chi connectivity index (χ0) is 19.4. The Hall–Kier alpha value is -2.98. The molecule has 3 aromatic rings. The second-order valence-electron chi connectivity index (χ2n) is 7.07. The van der Waals surface area contributed by atoms with Crippen molar-refractivity contribution in [1.82, 2.24) is 4.98 Å². The van der Waals surface area contributed by atoms with Crippen molar-refractivity contribution in [2.75, 3.05) is 0 Å². The normalized spacial score (nSPS) is 11.0. The highest BCUT2D eigenvalue weighted by molar-refractivity contribution is 5.94. The van der Waals surface area contributed by atoms with E-state index in [1.54, 1.807) is 12.1 Å². The van der Waals surface area contributed by atoms with Gasteiger partial charge in [0.15, 0.2) is 0 Å². The standard InChI is InChI=1S/C23H24N3O/c1-15(2)10-21-12-20(17-8-6-16(14-24)7-9-17)13-22(26-21)18-4-3-5-19(11-18)23(25)27/h3-9,11,13,15H,10,14,24H2,1-2H3,(H2,25,27). The van der Waals surface area contributed by atoms with Gasteiger partial charge in [0.1, 0.15) is 0 Å². The van der Waals surface area contributed by atoms with Gasteiger partial charge >= 0.3 is 0 Å². The first kappa shape index (κ1) is 18.8. The van der Waals surface area contributed by atoms with Crippen LogP contribution in [-0.4, -0.2) is 10.9 Å². The monoisotopic (exact) mass is 358 g/mol. The van der Waals surface area contributed by atoms with Crippen LogP contribution in [0.15, 0.2) is 54.6 Å². The van der Waals surface area contributed by atoms with Crippen LogP contribution in [0, 0.1) is 12.0 Å². The molecule has 27 heavy (non-hydrogen) atoms. The summed E-state index contributed by atoms with van der Waals surface area (Å²) in [7, 11) is 0. The SMILES string of the molecule is CC(C)Cc1[c]c(-c2ccc(CN)cc2)cc(-c2cccc(C(N)=O)c2)n1. The number of carbonyl (C=O) groups excluding carboxylic acids is 1. The maximum atomic E-state index is 11.5. The quantitative estimate of drug-likeness (QED) is 0.699. The maximum Gasteiger partial charge on any atom is 0.248 e. The predicted octanol–water partition coefficient (Wildman–Crippen LogP) is 3.97. The lowest BCUT2D eigenvalue weighted by Crippen LogP contribution is -2.10. The molecule has 1 amide bonds. The van der Waals surface area contributed by atoms with Gasteiger partial charge < -0.3 is 11.5 Å². The number of primary amides is 1. The van der Waals surface area contributed by atoms with Crippen LogP contribution in [0.1, 0.15) is 35.5 Å². The molecule has 1 aromatic heterocycles. The number of nitrogens with two attached hydrogens (primary N) is 2. The third kappa shape index (κ3) is 4.60. The Morgan fingerprint density at radius 2 is 1.81 bits per heavy atom. The summed E-state index contributed by atoms with van der Waals surface area (Å²) < 4.78 is 0. The fourth-order valence-electron chi connectivity index (χ4n) is 2.97. The van der Waals surface area contributed by atoms with Crippen molar-refractivity contribution in [3.8, 4) is 22.4 Å². The molecule has 0 aliphatic carbocycles. The van der Waals surface area contributed by atoms with Gasteiger partial charge in [0.2, 0.25) is 5.91 Å². The second kappa shape index (κ2) is 8.14. The van der Waals surface area contributed by atoms with Crippen molar-refractivity contribution in [3.63, 3.8) is 0 Å². The third-order valence-electron chi connectivity index (χ3n) is 4.36. The van der Waals surface area contributed by atoms with Crippen LogP contribution < -0.4 is 11.5 Å². The van der Waals surface area contributed by atoms with Crippen LogP contribution in [0.5, 0.6) is 0 Å². The predicted molar refractivity (Wildman–Crippen MR) is 109 cm³/mol. The van der Waals surface area contributed by atoms with E-state index in [0.717, 1.165) is 40.1 Å². The van der Waals surface area contributed by atoms with E-state index in [2.05, 4.69) is 32.0 Å². The van der Waals surface area contributed by atoms with Crippen molar-refractivity contribution >= 4 is 5.91 Å². The number of hydrogen-bond acceptors (Lipinski definition) is 3. The molecule has 0 aliphatic heterocycles. The molecule has 0 saturated carbocycles. The Bertz CT molecular complexity index is 946. The summed E-state index contributed by atoms with van der Waals surface area (Å²) in [6.45, 7) is 4.83. The van der Waals surface area contributed by atoms with E-state index in [1.807, 2.05) is 30.3 Å². The van der Waals surface area contributed by atoms with E-state index in [-0.39, 0.29) is 0 Å². The zero-order valence-corrected chi connectivity index (χ0v) is 15.7. The largest absolute Gasteiger partial charge is 0.366 e. The lowest BCUT2D eigenvalue weighted by Gasteiger charge is -2.11. The number of nitrogens with zero attached hydrogens (tertiary/aromatic N) is 1. The van der Waals surface area contributed by atoms with E-state index in [0.29, 0.717) is 18.0 Å². The molecule has 0 atom stereocenters. The highest BCUT2D eigenvalue weighted by Gasteiger charge is 2.11. The summed E-state index contributed by atoms with van der Waals surface area (Å²) in [6, 6.07) is 20.9. The minimum atomic E-state index is -0.445. The van der Waals surface area contributed by atoms with Crippen molar-refractivity contribution in [1.29, 1.82) is 0 Å². The smallest absolute Gasteiger partial charge is 0.248 e. The van der Waals surface area contributed by atoms with Gasteiger partial charge in [-0.05, 0) is 47.2 Å². The minimum Gasteiger partial charge on any atom is -0.366 e. The molecule has 0 spiro atoms. The molecule has 0 unspecified atom stereocenters. The summed E-state index contributed by atoms with van der Waals surface area (Å²) in [5.41, 5.74) is 17.3. The molecule has 0 saturated heterocycles. The second-order valence-corrected chi connectivity index (χ2v) is 7.07. The van der Waals surface area contributed by atoms with E-state index in [1.165, 1.54) is 0 Å². The van der Waals surface area contributed by atoms with Crippen molar-refractivity contribution < 1.29 is 4.79 Å². The van der Waals surface area contributed by atoms with Gasteiger partial charge in [-0.3, -0.25) is 9.78 Å². The van der Waals surface area contributed by atoms with Crippen LogP contribution in [-0.2, 0) is 13.0 Å². The van der Waals surface area contributed by atoms with Crippen LogP contribution in [0.4, 0.5) is 0 Å². The van der Waals surface area contributed by atoms with E-state index in [9.17, 15) is 4.79 Å². The number of rotatable bonds is 6. The number of carbonyl (C=O) groups is 1. The number of aromatic nitrogens is 1. The van der Waals surface area contributed by atoms with Crippen molar-refractivity contribution in [2.45, 2.75) is 26.8 Å². The van der Waals surface area contributed by atoms with E-state index < -0.39 is 5.91 Å². The number of amides is 1. The lowest BCUT2D eigenvalue weighted by atomic mass is 9.98. The molecule has 4 nitrogen and oxygen atoms in total. The van der Waals surface area contributed by atoms with Gasteiger partial charge in [-0.1, -0.05) is 50.2 Å². The fourth-order valence-corrected chi connectivity index (χ4v) is 2.97. The van der Waals surface area contributed by atoms with Gasteiger partial charge in [0.05, 0.1) is 5.69 Å². The Balaban J connectivity index is 2.10. The zero-order valence-electron chi connectivity index (χ0n) is 15.7. The molecule has 1 heterocycles. The topological polar surface area (TPSA) is 82.0 Å². The van der Waals surface area contributed by atoms with Crippen LogP contribution >= 0.6 is 0 Å². The fraction of sp³-hybridized carbons (Fsp3) is 0.217. The Kier molecular flexibility index (Phi) is 5.67. The molecule has 4 N–H and O–H groups in total. The Labute approximate surface area is 160 Å². The van der Waals surface area contributed by atoms with Crippen LogP contribution in [0.3, 0.4) is 0 Å². The molecule has 0 bridgehead atoms. The van der Waals surface area contributed by atoms with Crippen LogP contribution in [0.25, 0.3) is 22.4 Å². The first-order valence-electron chi connectivity index (χ1n) is 9.09. The molecule has 1 radical (unpaired) electrons. The summed E-state index contributed by atoms with van der Waals surface area (Å²) in [6.07, 6.45) is 0.831. The first-order valence-corrected chi connectivity index (χ1v) is 9.09. The highest BCUT2D eigenvalue weighted by atomic mass is 16.1. The lowest BCUT2D eigenvalue weighted by molar-refractivity contribution is 0.100. The first-order chi connectivity index (χ1) is 13.0. The van der Waals surface area contributed by atoms with Gasteiger partial charge in [0, 0.05) is 29.4 Å². The molecular weight excluding hydrogens is 334 g/mol. The highest BCUT2D eigenvalue weighted by Crippen LogP contribution is 2.27. The summed E-state index contributed by atoms with van der Waals surface area (Å²) >= 11 is 0. The van der Waals surface area contributed by atoms with Gasteiger partial charge in [-0.25, -0.2) is 0 Å². The minimum absolute atomic E-state index is 0.445. The summed E-state index contributed by atoms with van der Waals surface area (Å²) in [5.74, 6) is 0.0211. The number of hydrogen-bond donors (Lipinski definition) is 2. The Morgan fingerprint density at radius 3 is 2.44 bits per heavy atom. The average molecular weight is 358 g/mol. The van der Waals surface area contributed by atoms with E-state index >= 15 is 0 Å². The maximum absolute atomic E-state index is 11.5. The molecule has 137 valence electrons.